The first-order valence-corrected chi connectivity index (χ1v) is 8.74. The second-order valence-corrected chi connectivity index (χ2v) is 6.18. The van der Waals surface area contributed by atoms with Crippen molar-refractivity contribution in [3.63, 3.8) is 0 Å². The van der Waals surface area contributed by atoms with E-state index in [-0.39, 0.29) is 18.6 Å². The van der Waals surface area contributed by atoms with E-state index in [0.717, 1.165) is 28.6 Å². The normalized spacial score (nSPS) is 12.2. The zero-order chi connectivity index (χ0) is 17.6. The zero-order valence-electron chi connectivity index (χ0n) is 14.5. The Morgan fingerprint density at radius 1 is 1.12 bits per heavy atom. The summed E-state index contributed by atoms with van der Waals surface area (Å²) in [6, 6.07) is 17.8. The van der Waals surface area contributed by atoms with Gasteiger partial charge in [-0.05, 0) is 30.5 Å². The first-order valence-electron chi connectivity index (χ1n) is 8.74. The number of carbonyl (C=O) groups excluding carboxylic acids is 1. The maximum atomic E-state index is 12.6. The number of aromatic nitrogens is 1. The molecular weight excluding hydrogens is 312 g/mol. The lowest BCUT2D eigenvalue weighted by Gasteiger charge is -2.18. The number of aliphatic hydroxyl groups excluding tert-OH is 1. The predicted octanol–water partition coefficient (Wildman–Crippen LogP) is 3.44. The molecule has 2 aromatic carbocycles. The Morgan fingerprint density at radius 2 is 1.84 bits per heavy atom. The van der Waals surface area contributed by atoms with Crippen LogP contribution < -0.4 is 5.32 Å². The Hall–Kier alpha value is -2.59. The van der Waals surface area contributed by atoms with Crippen LogP contribution in [0.3, 0.4) is 0 Å². The van der Waals surface area contributed by atoms with Crippen LogP contribution >= 0.6 is 0 Å². The van der Waals surface area contributed by atoms with Gasteiger partial charge in [-0.25, -0.2) is 0 Å². The topological polar surface area (TPSA) is 54.3 Å². The number of fused-ring (bicyclic) bond motifs is 1. The van der Waals surface area contributed by atoms with Crippen molar-refractivity contribution >= 4 is 16.8 Å². The number of carbonyl (C=O) groups is 1. The molecule has 0 fully saturated rings. The summed E-state index contributed by atoms with van der Waals surface area (Å²) in [5, 5.41) is 13.5. The van der Waals surface area contributed by atoms with E-state index in [2.05, 4.69) is 35.1 Å². The van der Waals surface area contributed by atoms with E-state index in [9.17, 15) is 9.90 Å². The summed E-state index contributed by atoms with van der Waals surface area (Å²) in [6.07, 6.45) is 2.91. The third-order valence-electron chi connectivity index (χ3n) is 4.52. The third kappa shape index (κ3) is 3.91. The first kappa shape index (κ1) is 17.2. The van der Waals surface area contributed by atoms with Gasteiger partial charge in [0, 0.05) is 30.3 Å². The molecule has 3 rings (SSSR count). The maximum absolute atomic E-state index is 12.6. The Labute approximate surface area is 148 Å². The second kappa shape index (κ2) is 7.99. The van der Waals surface area contributed by atoms with E-state index in [0.29, 0.717) is 12.8 Å². The fraction of sp³-hybridized carbons (Fsp3) is 0.286. The van der Waals surface area contributed by atoms with Crippen molar-refractivity contribution in [2.45, 2.75) is 32.4 Å². The van der Waals surface area contributed by atoms with Crippen LogP contribution in [0.25, 0.3) is 10.9 Å². The molecule has 25 heavy (non-hydrogen) atoms. The number of rotatable bonds is 7. The highest BCUT2D eigenvalue weighted by molar-refractivity contribution is 5.89. The maximum Gasteiger partial charge on any atom is 0.224 e. The Kier molecular flexibility index (Phi) is 5.51. The number of aliphatic hydroxyl groups is 1. The number of para-hydroxylation sites is 1. The van der Waals surface area contributed by atoms with Gasteiger partial charge in [-0.15, -0.1) is 0 Å². The summed E-state index contributed by atoms with van der Waals surface area (Å²) >= 11 is 0. The van der Waals surface area contributed by atoms with Gasteiger partial charge in [0.05, 0.1) is 12.5 Å². The highest BCUT2D eigenvalue weighted by Gasteiger charge is 2.16. The van der Waals surface area contributed by atoms with Gasteiger partial charge >= 0.3 is 0 Å². The summed E-state index contributed by atoms with van der Waals surface area (Å²) in [6.45, 7) is 3.01. The molecule has 0 saturated carbocycles. The van der Waals surface area contributed by atoms with Gasteiger partial charge in [0.1, 0.15) is 0 Å². The van der Waals surface area contributed by atoms with Crippen LogP contribution in [-0.4, -0.2) is 22.2 Å². The average Bonchev–Trinajstić information content (AvgIpc) is 3.00. The lowest BCUT2D eigenvalue weighted by atomic mass is 10.0. The van der Waals surface area contributed by atoms with Gasteiger partial charge in [0.15, 0.2) is 0 Å². The molecule has 1 aromatic heterocycles. The predicted molar refractivity (Wildman–Crippen MR) is 100 cm³/mol. The molecular formula is C21H24N2O2. The van der Waals surface area contributed by atoms with Crippen molar-refractivity contribution < 1.29 is 9.90 Å². The van der Waals surface area contributed by atoms with Crippen LogP contribution in [0.1, 0.15) is 30.5 Å². The number of hydrogen-bond donors (Lipinski definition) is 2. The molecule has 1 amide bonds. The lowest BCUT2D eigenvalue weighted by molar-refractivity contribution is -0.121. The Balaban J connectivity index is 1.78. The summed E-state index contributed by atoms with van der Waals surface area (Å²) in [5.74, 6) is -0.0266. The fourth-order valence-corrected chi connectivity index (χ4v) is 3.28. The molecule has 1 atom stereocenters. The molecule has 0 saturated heterocycles. The Morgan fingerprint density at radius 3 is 2.56 bits per heavy atom. The van der Waals surface area contributed by atoms with E-state index in [1.54, 1.807) is 0 Å². The van der Waals surface area contributed by atoms with E-state index in [1.165, 1.54) is 0 Å². The number of amides is 1. The Bertz CT molecular complexity index is 839. The second-order valence-electron chi connectivity index (χ2n) is 6.18. The van der Waals surface area contributed by atoms with E-state index >= 15 is 0 Å². The molecule has 0 aliphatic heterocycles. The van der Waals surface area contributed by atoms with Crippen molar-refractivity contribution in [1.29, 1.82) is 0 Å². The average molecular weight is 336 g/mol. The molecule has 0 spiro atoms. The molecule has 1 unspecified atom stereocenters. The van der Waals surface area contributed by atoms with Crippen molar-refractivity contribution in [2.24, 2.45) is 0 Å². The number of hydrogen-bond acceptors (Lipinski definition) is 2. The van der Waals surface area contributed by atoms with Gasteiger partial charge in [0.25, 0.3) is 0 Å². The first-order chi connectivity index (χ1) is 12.2. The lowest BCUT2D eigenvalue weighted by Crippen LogP contribution is -2.30. The smallest absolute Gasteiger partial charge is 0.224 e. The summed E-state index contributed by atoms with van der Waals surface area (Å²) < 4.78 is 2.17. The van der Waals surface area contributed by atoms with E-state index in [1.807, 2.05) is 42.5 Å². The number of aryl methyl sites for hydroxylation is 1. The molecule has 0 bridgehead atoms. The highest BCUT2D eigenvalue weighted by Crippen LogP contribution is 2.22. The van der Waals surface area contributed by atoms with Gasteiger partial charge in [-0.1, -0.05) is 48.5 Å². The van der Waals surface area contributed by atoms with Crippen LogP contribution in [-0.2, 0) is 17.8 Å². The monoisotopic (exact) mass is 336 g/mol. The SMILES string of the molecule is CCn1cc(CC(=O)NC(CCO)c2ccccc2)c2ccccc21. The fourth-order valence-electron chi connectivity index (χ4n) is 3.28. The van der Waals surface area contributed by atoms with Crippen LogP contribution in [0.5, 0.6) is 0 Å². The van der Waals surface area contributed by atoms with Crippen LogP contribution in [0, 0.1) is 0 Å². The third-order valence-corrected chi connectivity index (χ3v) is 4.52. The van der Waals surface area contributed by atoms with Crippen LogP contribution in [0.2, 0.25) is 0 Å². The molecule has 0 aliphatic carbocycles. The molecule has 4 heteroatoms. The minimum Gasteiger partial charge on any atom is -0.396 e. The highest BCUT2D eigenvalue weighted by atomic mass is 16.3. The zero-order valence-corrected chi connectivity index (χ0v) is 14.5. The van der Waals surface area contributed by atoms with E-state index in [4.69, 9.17) is 0 Å². The van der Waals surface area contributed by atoms with Crippen molar-refractivity contribution in [3.8, 4) is 0 Å². The molecule has 3 aromatic rings. The molecule has 0 aliphatic rings. The van der Waals surface area contributed by atoms with Gasteiger partial charge < -0.3 is 15.0 Å². The standard InChI is InChI=1S/C21H24N2O2/c1-2-23-15-17(18-10-6-7-11-20(18)23)14-21(25)22-19(12-13-24)16-8-4-3-5-9-16/h3-11,15,19,24H,2,12-14H2,1H3,(H,22,25). The minimum absolute atomic E-state index is 0.0266. The van der Waals surface area contributed by atoms with Crippen molar-refractivity contribution in [3.05, 3.63) is 71.9 Å². The van der Waals surface area contributed by atoms with Gasteiger partial charge in [-0.3, -0.25) is 4.79 Å². The number of nitrogens with zero attached hydrogens (tertiary/aromatic N) is 1. The van der Waals surface area contributed by atoms with Gasteiger partial charge in [-0.2, -0.15) is 0 Å². The van der Waals surface area contributed by atoms with Crippen LogP contribution in [0.4, 0.5) is 0 Å². The summed E-state index contributed by atoms with van der Waals surface area (Å²) in [4.78, 5) is 12.6. The molecule has 130 valence electrons. The molecule has 4 nitrogen and oxygen atoms in total. The van der Waals surface area contributed by atoms with E-state index < -0.39 is 0 Å². The summed E-state index contributed by atoms with van der Waals surface area (Å²) in [7, 11) is 0. The quantitative estimate of drug-likeness (QED) is 0.694. The minimum atomic E-state index is -0.168. The summed E-state index contributed by atoms with van der Waals surface area (Å²) in [5.41, 5.74) is 3.20. The van der Waals surface area contributed by atoms with Gasteiger partial charge in [0.2, 0.25) is 5.91 Å². The van der Waals surface area contributed by atoms with Crippen molar-refractivity contribution in [1.82, 2.24) is 9.88 Å². The molecule has 2 N–H and O–H groups in total. The van der Waals surface area contributed by atoms with Crippen molar-refractivity contribution in [2.75, 3.05) is 6.61 Å². The molecule has 0 radical (unpaired) electrons. The molecule has 1 heterocycles. The largest absolute Gasteiger partial charge is 0.396 e. The number of nitrogens with one attached hydrogen (secondary N) is 1. The number of benzene rings is 2. The van der Waals surface area contributed by atoms with Crippen LogP contribution in [0.15, 0.2) is 60.8 Å².